The molecule has 0 unspecified atom stereocenters. The standard InChI is InChI=1S/C22H19N3O4S/c1-13-6-4-5-7-17(13)24-20(26)16-11-23-22-25(21(16)27)18(12-30-22)15-10-14(28-2)8-9-19(15)29-3/h4-12H,1-3H3,(H,24,26). The van der Waals surface area contributed by atoms with Crippen LogP contribution < -0.4 is 20.3 Å². The minimum Gasteiger partial charge on any atom is -0.497 e. The number of fused-ring (bicyclic) bond motifs is 1. The first kappa shape index (κ1) is 19.7. The number of rotatable bonds is 5. The van der Waals surface area contributed by atoms with Gasteiger partial charge >= 0.3 is 0 Å². The molecule has 2 aromatic heterocycles. The third-order valence-corrected chi connectivity index (χ3v) is 5.61. The van der Waals surface area contributed by atoms with E-state index in [2.05, 4.69) is 10.3 Å². The van der Waals surface area contributed by atoms with Crippen LogP contribution in [0, 0.1) is 6.92 Å². The molecule has 4 rings (SSSR count). The number of thiazole rings is 1. The highest BCUT2D eigenvalue weighted by Gasteiger charge is 2.19. The number of anilines is 1. The largest absolute Gasteiger partial charge is 0.497 e. The Morgan fingerprint density at radius 3 is 2.67 bits per heavy atom. The minimum atomic E-state index is -0.508. The minimum absolute atomic E-state index is 0.0442. The summed E-state index contributed by atoms with van der Waals surface area (Å²) in [5.74, 6) is 0.697. The van der Waals surface area contributed by atoms with Crippen LogP contribution in [0.3, 0.4) is 0 Å². The van der Waals surface area contributed by atoms with Crippen LogP contribution in [-0.2, 0) is 0 Å². The molecular weight excluding hydrogens is 402 g/mol. The Hall–Kier alpha value is -3.65. The maximum absolute atomic E-state index is 13.3. The van der Waals surface area contributed by atoms with Gasteiger partial charge in [-0.25, -0.2) is 4.98 Å². The topological polar surface area (TPSA) is 81.9 Å². The van der Waals surface area contributed by atoms with Crippen molar-refractivity contribution in [1.82, 2.24) is 9.38 Å². The number of methoxy groups -OCH3 is 2. The molecule has 2 aromatic carbocycles. The SMILES string of the molecule is COc1ccc(OC)c(-c2csc3ncc(C(=O)Nc4ccccc4C)c(=O)n23)c1. The second kappa shape index (κ2) is 8.00. The highest BCUT2D eigenvalue weighted by molar-refractivity contribution is 7.15. The molecule has 0 fully saturated rings. The summed E-state index contributed by atoms with van der Waals surface area (Å²) in [4.78, 5) is 30.9. The lowest BCUT2D eigenvalue weighted by Gasteiger charge is -2.11. The van der Waals surface area contributed by atoms with Crippen molar-refractivity contribution >= 4 is 27.9 Å². The summed E-state index contributed by atoms with van der Waals surface area (Å²) in [5.41, 5.74) is 2.30. The zero-order valence-electron chi connectivity index (χ0n) is 16.6. The van der Waals surface area contributed by atoms with Gasteiger partial charge in [0.1, 0.15) is 17.1 Å². The molecule has 152 valence electrons. The first-order chi connectivity index (χ1) is 14.5. The smallest absolute Gasteiger partial charge is 0.271 e. The van der Waals surface area contributed by atoms with E-state index in [1.54, 1.807) is 38.5 Å². The average molecular weight is 421 g/mol. The van der Waals surface area contributed by atoms with Gasteiger partial charge in [0.15, 0.2) is 4.96 Å². The zero-order valence-corrected chi connectivity index (χ0v) is 17.4. The quantitative estimate of drug-likeness (QED) is 0.527. The Morgan fingerprint density at radius 1 is 1.13 bits per heavy atom. The lowest BCUT2D eigenvalue weighted by Crippen LogP contribution is -2.26. The van der Waals surface area contributed by atoms with E-state index >= 15 is 0 Å². The molecule has 1 N–H and O–H groups in total. The van der Waals surface area contributed by atoms with Crippen LogP contribution in [-0.4, -0.2) is 29.5 Å². The van der Waals surface area contributed by atoms with Crippen LogP contribution in [0.5, 0.6) is 11.5 Å². The molecule has 0 saturated heterocycles. The van der Waals surface area contributed by atoms with Crippen LogP contribution in [0.15, 0.2) is 58.8 Å². The number of nitrogens with zero attached hydrogens (tertiary/aromatic N) is 2. The second-order valence-corrected chi connectivity index (χ2v) is 7.39. The van der Waals surface area contributed by atoms with Gasteiger partial charge in [-0.3, -0.25) is 14.0 Å². The number of para-hydroxylation sites is 1. The fraction of sp³-hybridized carbons (Fsp3) is 0.136. The molecule has 0 aliphatic carbocycles. The zero-order chi connectivity index (χ0) is 21.3. The molecule has 0 radical (unpaired) electrons. The molecule has 0 atom stereocenters. The lowest BCUT2D eigenvalue weighted by atomic mass is 10.1. The first-order valence-electron chi connectivity index (χ1n) is 9.12. The van der Waals surface area contributed by atoms with E-state index in [0.717, 1.165) is 5.56 Å². The molecule has 0 saturated carbocycles. The van der Waals surface area contributed by atoms with E-state index in [1.807, 2.05) is 30.5 Å². The number of hydrogen-bond donors (Lipinski definition) is 1. The summed E-state index contributed by atoms with van der Waals surface area (Å²) in [6, 6.07) is 12.7. The van der Waals surface area contributed by atoms with Crippen LogP contribution >= 0.6 is 11.3 Å². The van der Waals surface area contributed by atoms with Crippen molar-refractivity contribution in [2.45, 2.75) is 6.92 Å². The van der Waals surface area contributed by atoms with E-state index in [9.17, 15) is 9.59 Å². The van der Waals surface area contributed by atoms with Crippen molar-refractivity contribution in [3.05, 3.63) is 75.5 Å². The number of benzene rings is 2. The van der Waals surface area contributed by atoms with E-state index in [4.69, 9.17) is 9.47 Å². The Balaban J connectivity index is 1.83. The third kappa shape index (κ3) is 3.42. The van der Waals surface area contributed by atoms with Crippen molar-refractivity contribution in [1.29, 1.82) is 0 Å². The molecular formula is C22H19N3O4S. The van der Waals surface area contributed by atoms with E-state index in [-0.39, 0.29) is 5.56 Å². The van der Waals surface area contributed by atoms with Crippen LogP contribution in [0.1, 0.15) is 15.9 Å². The van der Waals surface area contributed by atoms with Crippen molar-refractivity contribution in [3.8, 4) is 22.8 Å². The van der Waals surface area contributed by atoms with Gasteiger partial charge in [0, 0.05) is 22.8 Å². The number of nitrogens with one attached hydrogen (secondary N) is 1. The van der Waals surface area contributed by atoms with E-state index in [1.165, 1.54) is 21.9 Å². The first-order valence-corrected chi connectivity index (χ1v) is 10.00. The number of aryl methyl sites for hydroxylation is 1. The molecule has 0 aliphatic rings. The van der Waals surface area contributed by atoms with Gasteiger partial charge in [-0.2, -0.15) is 0 Å². The molecule has 0 aliphatic heterocycles. The van der Waals surface area contributed by atoms with Gasteiger partial charge in [-0.1, -0.05) is 18.2 Å². The summed E-state index contributed by atoms with van der Waals surface area (Å²) < 4.78 is 12.2. The van der Waals surface area contributed by atoms with Gasteiger partial charge in [-0.05, 0) is 36.8 Å². The normalized spacial score (nSPS) is 10.8. The highest BCUT2D eigenvalue weighted by atomic mass is 32.1. The fourth-order valence-corrected chi connectivity index (χ4v) is 4.00. The van der Waals surface area contributed by atoms with Gasteiger partial charge < -0.3 is 14.8 Å². The summed E-state index contributed by atoms with van der Waals surface area (Å²) >= 11 is 1.31. The van der Waals surface area contributed by atoms with Crippen molar-refractivity contribution in [3.63, 3.8) is 0 Å². The van der Waals surface area contributed by atoms with Gasteiger partial charge in [0.2, 0.25) is 0 Å². The molecule has 8 heteroatoms. The summed E-state index contributed by atoms with van der Waals surface area (Å²) in [5, 5.41) is 4.60. The molecule has 0 spiro atoms. The molecule has 30 heavy (non-hydrogen) atoms. The molecule has 1 amide bonds. The summed E-state index contributed by atoms with van der Waals surface area (Å²) in [6.45, 7) is 1.88. The second-order valence-electron chi connectivity index (χ2n) is 6.55. The van der Waals surface area contributed by atoms with E-state index in [0.29, 0.717) is 33.4 Å². The van der Waals surface area contributed by atoms with E-state index < -0.39 is 11.5 Å². The Bertz CT molecular complexity index is 1310. The molecule has 0 bridgehead atoms. The van der Waals surface area contributed by atoms with Crippen LogP contribution in [0.2, 0.25) is 0 Å². The van der Waals surface area contributed by atoms with Gasteiger partial charge in [0.05, 0.1) is 19.9 Å². The van der Waals surface area contributed by atoms with Gasteiger partial charge in [-0.15, -0.1) is 11.3 Å². The Kier molecular flexibility index (Phi) is 5.24. The molecule has 7 nitrogen and oxygen atoms in total. The number of hydrogen-bond acceptors (Lipinski definition) is 6. The predicted molar refractivity (Wildman–Crippen MR) is 117 cm³/mol. The number of amides is 1. The third-order valence-electron chi connectivity index (χ3n) is 4.77. The predicted octanol–water partition coefficient (Wildman–Crippen LogP) is 4.00. The maximum Gasteiger partial charge on any atom is 0.271 e. The molecule has 4 aromatic rings. The molecule has 2 heterocycles. The Labute approximate surface area is 176 Å². The number of ether oxygens (including phenoxy) is 2. The Morgan fingerprint density at radius 2 is 1.93 bits per heavy atom. The lowest BCUT2D eigenvalue weighted by molar-refractivity contribution is 0.102. The summed E-state index contributed by atoms with van der Waals surface area (Å²) in [6.07, 6.45) is 1.31. The van der Waals surface area contributed by atoms with Gasteiger partial charge in [0.25, 0.3) is 11.5 Å². The number of carbonyl (C=O) groups is 1. The average Bonchev–Trinajstić information content (AvgIpc) is 3.20. The van der Waals surface area contributed by atoms with Crippen LogP contribution in [0.4, 0.5) is 5.69 Å². The number of carbonyl (C=O) groups excluding carboxylic acids is 1. The summed E-state index contributed by atoms with van der Waals surface area (Å²) in [7, 11) is 3.13. The monoisotopic (exact) mass is 421 g/mol. The maximum atomic E-state index is 13.3. The highest BCUT2D eigenvalue weighted by Crippen LogP contribution is 2.35. The van der Waals surface area contributed by atoms with Crippen LogP contribution in [0.25, 0.3) is 16.2 Å². The fourth-order valence-electron chi connectivity index (χ4n) is 3.15. The number of aromatic nitrogens is 2. The van der Waals surface area contributed by atoms with Crippen molar-refractivity contribution < 1.29 is 14.3 Å². The van der Waals surface area contributed by atoms with Crippen molar-refractivity contribution in [2.24, 2.45) is 0 Å². The van der Waals surface area contributed by atoms with Crippen molar-refractivity contribution in [2.75, 3.05) is 19.5 Å².